The Balaban J connectivity index is 1.30. The minimum Gasteiger partial charge on any atom is -0.367 e. The first-order valence-electron chi connectivity index (χ1n) is 13.6. The first kappa shape index (κ1) is 30.5. The monoisotopic (exact) mass is 584 g/mol. The van der Waals surface area contributed by atoms with Gasteiger partial charge in [0.25, 0.3) is 5.91 Å². The SMILES string of the molecule is CN1CCN(CCNCc2ccc(C(=O)Nc3ccc(Cl)cc3N3CCN(CCC(F)(F)F)CC3)c(F)c2)CC1. The van der Waals surface area contributed by atoms with Crippen molar-refractivity contribution in [2.75, 3.05) is 89.3 Å². The van der Waals surface area contributed by atoms with Crippen LogP contribution in [0.15, 0.2) is 36.4 Å². The maximum Gasteiger partial charge on any atom is 0.390 e. The first-order chi connectivity index (χ1) is 19.1. The van der Waals surface area contributed by atoms with Crippen molar-refractivity contribution in [3.8, 4) is 0 Å². The molecule has 2 aromatic rings. The average molecular weight is 585 g/mol. The second-order valence-electron chi connectivity index (χ2n) is 10.4. The van der Waals surface area contributed by atoms with Gasteiger partial charge in [-0.05, 0) is 42.9 Å². The molecule has 2 aromatic carbocycles. The molecule has 0 unspecified atom stereocenters. The van der Waals surface area contributed by atoms with E-state index < -0.39 is 24.3 Å². The van der Waals surface area contributed by atoms with Gasteiger partial charge in [-0.25, -0.2) is 4.39 Å². The molecule has 12 heteroatoms. The molecule has 0 aliphatic carbocycles. The maximum absolute atomic E-state index is 14.9. The van der Waals surface area contributed by atoms with E-state index in [0.29, 0.717) is 49.1 Å². The number of carbonyl (C=O) groups excluding carboxylic acids is 1. The molecule has 2 N–H and O–H groups in total. The number of benzene rings is 2. The van der Waals surface area contributed by atoms with E-state index in [4.69, 9.17) is 11.6 Å². The highest BCUT2D eigenvalue weighted by molar-refractivity contribution is 6.31. The van der Waals surface area contributed by atoms with Crippen LogP contribution in [0.1, 0.15) is 22.3 Å². The van der Waals surface area contributed by atoms with Gasteiger partial charge in [0.1, 0.15) is 5.82 Å². The van der Waals surface area contributed by atoms with Gasteiger partial charge >= 0.3 is 6.18 Å². The van der Waals surface area contributed by atoms with Crippen molar-refractivity contribution >= 4 is 28.9 Å². The summed E-state index contributed by atoms with van der Waals surface area (Å²) in [4.78, 5) is 21.5. The number of nitrogens with zero attached hydrogens (tertiary/aromatic N) is 4. The molecule has 40 heavy (non-hydrogen) atoms. The third kappa shape index (κ3) is 9.04. The van der Waals surface area contributed by atoms with Crippen LogP contribution >= 0.6 is 11.6 Å². The zero-order valence-corrected chi connectivity index (χ0v) is 23.5. The number of amides is 1. The lowest BCUT2D eigenvalue weighted by molar-refractivity contribution is -0.138. The number of alkyl halides is 3. The molecular formula is C28H37ClF4N6O. The number of hydrogen-bond donors (Lipinski definition) is 2. The fraction of sp³-hybridized carbons (Fsp3) is 0.536. The van der Waals surface area contributed by atoms with Gasteiger partial charge < -0.3 is 20.4 Å². The van der Waals surface area contributed by atoms with Crippen LogP contribution in [-0.4, -0.2) is 106 Å². The molecule has 220 valence electrons. The number of rotatable bonds is 10. The lowest BCUT2D eigenvalue weighted by atomic mass is 10.1. The Kier molecular flexibility index (Phi) is 10.6. The fourth-order valence-corrected chi connectivity index (χ4v) is 5.12. The Morgan fingerprint density at radius 2 is 1.60 bits per heavy atom. The van der Waals surface area contributed by atoms with E-state index in [9.17, 15) is 22.4 Å². The van der Waals surface area contributed by atoms with Gasteiger partial charge in [-0.15, -0.1) is 0 Å². The summed E-state index contributed by atoms with van der Waals surface area (Å²) < 4.78 is 52.7. The molecule has 2 fully saturated rings. The van der Waals surface area contributed by atoms with Crippen LogP contribution in [-0.2, 0) is 6.54 Å². The van der Waals surface area contributed by atoms with Crippen molar-refractivity contribution in [2.45, 2.75) is 19.1 Å². The molecule has 0 aromatic heterocycles. The molecule has 0 radical (unpaired) electrons. The Morgan fingerprint density at radius 3 is 2.27 bits per heavy atom. The molecule has 7 nitrogen and oxygen atoms in total. The van der Waals surface area contributed by atoms with Gasteiger partial charge in [-0.3, -0.25) is 14.6 Å². The summed E-state index contributed by atoms with van der Waals surface area (Å²) in [6.45, 7) is 8.27. The Labute approximate surface area is 238 Å². The molecule has 0 spiro atoms. The molecule has 0 atom stereocenters. The lowest BCUT2D eigenvalue weighted by Gasteiger charge is -2.37. The first-order valence-corrected chi connectivity index (χ1v) is 14.0. The number of likely N-dealkylation sites (N-methyl/N-ethyl adjacent to an activating group) is 1. The van der Waals surface area contributed by atoms with Crippen molar-refractivity contribution in [3.05, 3.63) is 58.4 Å². The topological polar surface area (TPSA) is 54.1 Å². The summed E-state index contributed by atoms with van der Waals surface area (Å²) in [5.74, 6) is -1.19. The van der Waals surface area contributed by atoms with Crippen molar-refractivity contribution in [1.82, 2.24) is 20.0 Å². The van der Waals surface area contributed by atoms with Gasteiger partial charge in [-0.1, -0.05) is 17.7 Å². The van der Waals surface area contributed by atoms with E-state index in [-0.39, 0.29) is 12.1 Å². The summed E-state index contributed by atoms with van der Waals surface area (Å²) in [7, 11) is 2.12. The minimum atomic E-state index is -4.18. The van der Waals surface area contributed by atoms with E-state index in [1.165, 1.54) is 12.1 Å². The van der Waals surface area contributed by atoms with E-state index in [1.807, 2.05) is 4.90 Å². The van der Waals surface area contributed by atoms with Crippen LogP contribution in [0.25, 0.3) is 0 Å². The summed E-state index contributed by atoms with van der Waals surface area (Å²) >= 11 is 6.22. The third-order valence-corrected chi connectivity index (χ3v) is 7.68. The molecular weight excluding hydrogens is 548 g/mol. The highest BCUT2D eigenvalue weighted by Crippen LogP contribution is 2.31. The number of halogens is 5. The molecule has 1 amide bonds. The zero-order chi connectivity index (χ0) is 28.7. The quantitative estimate of drug-likeness (QED) is 0.323. The summed E-state index contributed by atoms with van der Waals surface area (Å²) in [6.07, 6.45) is -5.03. The van der Waals surface area contributed by atoms with Crippen LogP contribution in [0.3, 0.4) is 0 Å². The fourth-order valence-electron chi connectivity index (χ4n) is 4.95. The van der Waals surface area contributed by atoms with Gasteiger partial charge in [0.15, 0.2) is 0 Å². The van der Waals surface area contributed by atoms with Crippen molar-refractivity contribution < 1.29 is 22.4 Å². The van der Waals surface area contributed by atoms with Gasteiger partial charge in [0.2, 0.25) is 0 Å². The Hall–Kier alpha value is -2.44. The zero-order valence-electron chi connectivity index (χ0n) is 22.7. The molecule has 2 aliphatic rings. The molecule has 0 saturated carbocycles. The Morgan fingerprint density at radius 1 is 0.925 bits per heavy atom. The number of piperazine rings is 2. The minimum absolute atomic E-state index is 0.0441. The summed E-state index contributed by atoms with van der Waals surface area (Å²) in [5, 5.41) is 6.60. The van der Waals surface area contributed by atoms with Gasteiger partial charge in [-0.2, -0.15) is 13.2 Å². The number of anilines is 2. The van der Waals surface area contributed by atoms with Crippen LogP contribution in [0.5, 0.6) is 0 Å². The second kappa shape index (κ2) is 14.0. The second-order valence-corrected chi connectivity index (χ2v) is 10.9. The van der Waals surface area contributed by atoms with Crippen LogP contribution in [0.2, 0.25) is 5.02 Å². The van der Waals surface area contributed by atoms with E-state index >= 15 is 0 Å². The van der Waals surface area contributed by atoms with E-state index in [2.05, 4.69) is 27.5 Å². The highest BCUT2D eigenvalue weighted by Gasteiger charge is 2.29. The van der Waals surface area contributed by atoms with Crippen molar-refractivity contribution in [2.24, 2.45) is 0 Å². The molecule has 0 bridgehead atoms. The molecule has 4 rings (SSSR count). The third-order valence-electron chi connectivity index (χ3n) is 7.44. The van der Waals surface area contributed by atoms with Gasteiger partial charge in [0, 0.05) is 83.6 Å². The predicted octanol–water partition coefficient (Wildman–Crippen LogP) is 4.14. The maximum atomic E-state index is 14.9. The van der Waals surface area contributed by atoms with Crippen LogP contribution in [0.4, 0.5) is 28.9 Å². The van der Waals surface area contributed by atoms with Crippen LogP contribution in [0, 0.1) is 5.82 Å². The van der Waals surface area contributed by atoms with Crippen molar-refractivity contribution in [3.63, 3.8) is 0 Å². The number of carbonyl (C=O) groups is 1. The standard InChI is InChI=1S/C28H37ClF4N6O/c1-36-10-12-38(13-11-36)9-7-34-20-21-2-4-23(24(30)18-21)27(40)35-25-5-3-22(29)19-26(25)39-16-14-37(15-17-39)8-6-28(31,32)33/h2-5,18-19,34H,6-17,20H2,1H3,(H,35,40). The van der Waals surface area contributed by atoms with Gasteiger partial charge in [0.05, 0.1) is 23.4 Å². The van der Waals surface area contributed by atoms with E-state index in [0.717, 1.165) is 44.8 Å². The molecule has 2 heterocycles. The predicted molar refractivity (Wildman–Crippen MR) is 151 cm³/mol. The highest BCUT2D eigenvalue weighted by atomic mass is 35.5. The smallest absolute Gasteiger partial charge is 0.367 e. The number of hydrogen-bond acceptors (Lipinski definition) is 6. The summed E-state index contributed by atoms with van der Waals surface area (Å²) in [5.41, 5.74) is 1.80. The van der Waals surface area contributed by atoms with E-state index in [1.54, 1.807) is 29.2 Å². The van der Waals surface area contributed by atoms with Crippen molar-refractivity contribution in [1.29, 1.82) is 0 Å². The average Bonchev–Trinajstić information content (AvgIpc) is 2.92. The number of nitrogens with one attached hydrogen (secondary N) is 2. The lowest BCUT2D eigenvalue weighted by Crippen LogP contribution is -2.47. The van der Waals surface area contributed by atoms with Crippen LogP contribution < -0.4 is 15.5 Å². The molecule has 2 aliphatic heterocycles. The largest absolute Gasteiger partial charge is 0.390 e. The summed E-state index contributed by atoms with van der Waals surface area (Å²) in [6, 6.07) is 9.59. The molecule has 2 saturated heterocycles. The Bertz CT molecular complexity index is 1130. The normalized spacial score (nSPS) is 17.8.